The van der Waals surface area contributed by atoms with E-state index >= 15 is 0 Å². The average molecular weight is 214 g/mol. The molecule has 0 fully saturated rings. The van der Waals surface area contributed by atoms with Crippen LogP contribution in [0, 0.1) is 0 Å². The third kappa shape index (κ3) is 2.31. The number of aromatic nitrogens is 1. The molecule has 0 radical (unpaired) electrons. The van der Waals surface area contributed by atoms with Crippen molar-refractivity contribution in [2.75, 3.05) is 7.11 Å². The number of rotatable bonds is 2. The summed E-state index contributed by atoms with van der Waals surface area (Å²) in [4.78, 5) is 4.52. The van der Waals surface area contributed by atoms with Crippen molar-refractivity contribution < 1.29 is 4.74 Å². The lowest BCUT2D eigenvalue weighted by atomic mass is 10.3. The Labute approximate surface area is 94.7 Å². The van der Waals surface area contributed by atoms with Crippen LogP contribution in [0.4, 0.5) is 5.69 Å². The van der Waals surface area contributed by atoms with Crippen LogP contribution in [0.3, 0.4) is 0 Å². The smallest absolute Gasteiger partial charge is 0.132 e. The Bertz CT molecular complexity index is 526. The van der Waals surface area contributed by atoms with Crippen molar-refractivity contribution in [3.05, 3.63) is 54.1 Å². The summed E-state index contributed by atoms with van der Waals surface area (Å²) in [6, 6.07) is 13.6. The zero-order chi connectivity index (χ0) is 11.4. The highest BCUT2D eigenvalue weighted by molar-refractivity contribution is 5.41. The maximum absolute atomic E-state index is 5.10. The number of aryl methyl sites for hydroxylation is 1. The molecule has 3 nitrogen and oxygen atoms in total. The molecule has 16 heavy (non-hydrogen) atoms. The van der Waals surface area contributed by atoms with E-state index in [0.717, 1.165) is 16.9 Å². The molecular formula is C13H14N2O. The highest BCUT2D eigenvalue weighted by Gasteiger charge is 1.92. The summed E-state index contributed by atoms with van der Waals surface area (Å²) in [6.45, 7) is 0. The highest BCUT2D eigenvalue weighted by atomic mass is 16.5. The van der Waals surface area contributed by atoms with Gasteiger partial charge in [0.25, 0.3) is 0 Å². The van der Waals surface area contributed by atoms with E-state index in [1.807, 2.05) is 60.3 Å². The molecule has 0 bridgehead atoms. The monoisotopic (exact) mass is 214 g/mol. The van der Waals surface area contributed by atoms with Gasteiger partial charge < -0.3 is 9.30 Å². The quantitative estimate of drug-likeness (QED) is 0.753. The second kappa shape index (κ2) is 4.66. The van der Waals surface area contributed by atoms with Crippen LogP contribution in [-0.2, 0) is 7.05 Å². The van der Waals surface area contributed by atoms with Gasteiger partial charge in [0.1, 0.15) is 11.2 Å². The van der Waals surface area contributed by atoms with Crippen molar-refractivity contribution in [2.24, 2.45) is 12.0 Å². The van der Waals surface area contributed by atoms with Crippen molar-refractivity contribution >= 4 is 5.69 Å². The van der Waals surface area contributed by atoms with E-state index in [9.17, 15) is 0 Å². The fourth-order valence-corrected chi connectivity index (χ4v) is 1.42. The Kier molecular flexibility index (Phi) is 3.05. The summed E-state index contributed by atoms with van der Waals surface area (Å²) >= 11 is 0. The first-order chi connectivity index (χ1) is 7.79. The molecule has 0 spiro atoms. The number of benzene rings is 1. The van der Waals surface area contributed by atoms with Gasteiger partial charge in [-0.1, -0.05) is 6.07 Å². The van der Waals surface area contributed by atoms with Crippen LogP contribution in [-0.4, -0.2) is 11.7 Å². The topological polar surface area (TPSA) is 26.5 Å². The average Bonchev–Trinajstić information content (AvgIpc) is 2.33. The standard InChI is InChI=1S/C13H14N2O/c1-15-10-4-3-5-13(15)14-11-6-8-12(16-2)9-7-11/h3-10H,1-2H3. The van der Waals surface area contributed by atoms with Crippen LogP contribution in [0.25, 0.3) is 0 Å². The summed E-state index contributed by atoms with van der Waals surface area (Å²) < 4.78 is 7.07. The minimum atomic E-state index is 0.844. The number of methoxy groups -OCH3 is 1. The van der Waals surface area contributed by atoms with Gasteiger partial charge in [-0.05, 0) is 36.4 Å². The molecule has 0 aliphatic rings. The predicted molar refractivity (Wildman–Crippen MR) is 63.6 cm³/mol. The molecular weight excluding hydrogens is 200 g/mol. The van der Waals surface area contributed by atoms with Crippen LogP contribution < -0.4 is 10.2 Å². The van der Waals surface area contributed by atoms with E-state index in [0.29, 0.717) is 0 Å². The van der Waals surface area contributed by atoms with Crippen molar-refractivity contribution in [3.8, 4) is 5.75 Å². The van der Waals surface area contributed by atoms with E-state index in [1.165, 1.54) is 0 Å². The molecule has 1 aromatic carbocycles. The van der Waals surface area contributed by atoms with E-state index in [-0.39, 0.29) is 0 Å². The summed E-state index contributed by atoms with van der Waals surface area (Å²) in [5.74, 6) is 0.844. The molecule has 0 atom stereocenters. The first-order valence-electron chi connectivity index (χ1n) is 5.10. The highest BCUT2D eigenvalue weighted by Crippen LogP contribution is 2.16. The lowest BCUT2D eigenvalue weighted by molar-refractivity contribution is 0.415. The maximum Gasteiger partial charge on any atom is 0.132 e. The molecule has 0 N–H and O–H groups in total. The summed E-state index contributed by atoms with van der Waals surface area (Å²) in [5.41, 5.74) is 1.84. The minimum Gasteiger partial charge on any atom is -0.497 e. The molecule has 0 saturated carbocycles. The van der Waals surface area contributed by atoms with Crippen LogP contribution in [0.15, 0.2) is 53.7 Å². The zero-order valence-corrected chi connectivity index (χ0v) is 9.42. The lowest BCUT2D eigenvalue weighted by Crippen LogP contribution is -2.15. The van der Waals surface area contributed by atoms with E-state index in [1.54, 1.807) is 7.11 Å². The Morgan fingerprint density at radius 2 is 1.81 bits per heavy atom. The number of ether oxygens (including phenoxy) is 1. The third-order valence-electron chi connectivity index (χ3n) is 2.34. The van der Waals surface area contributed by atoms with Crippen LogP contribution in [0.1, 0.15) is 0 Å². The first-order valence-corrected chi connectivity index (χ1v) is 5.10. The fourth-order valence-electron chi connectivity index (χ4n) is 1.42. The molecule has 0 unspecified atom stereocenters. The molecule has 82 valence electrons. The van der Waals surface area contributed by atoms with Gasteiger partial charge in [-0.2, -0.15) is 0 Å². The Morgan fingerprint density at radius 1 is 1.06 bits per heavy atom. The number of pyridine rings is 1. The van der Waals surface area contributed by atoms with Gasteiger partial charge in [0, 0.05) is 13.2 Å². The second-order valence-electron chi connectivity index (χ2n) is 3.48. The number of nitrogens with zero attached hydrogens (tertiary/aromatic N) is 2. The Morgan fingerprint density at radius 3 is 2.44 bits per heavy atom. The SMILES string of the molecule is COc1ccc(N=c2ccccn2C)cc1. The van der Waals surface area contributed by atoms with Gasteiger partial charge in [-0.25, -0.2) is 4.99 Å². The van der Waals surface area contributed by atoms with Crippen LogP contribution in [0.5, 0.6) is 5.75 Å². The van der Waals surface area contributed by atoms with Crippen molar-refractivity contribution in [1.29, 1.82) is 0 Å². The van der Waals surface area contributed by atoms with Gasteiger partial charge in [0.05, 0.1) is 12.8 Å². The van der Waals surface area contributed by atoms with Gasteiger partial charge in [0.15, 0.2) is 0 Å². The maximum atomic E-state index is 5.10. The lowest BCUT2D eigenvalue weighted by Gasteiger charge is -2.00. The first kappa shape index (κ1) is 10.5. The largest absolute Gasteiger partial charge is 0.497 e. The molecule has 2 aromatic rings. The molecule has 1 heterocycles. The predicted octanol–water partition coefficient (Wildman–Crippen LogP) is 2.27. The van der Waals surface area contributed by atoms with E-state index < -0.39 is 0 Å². The van der Waals surface area contributed by atoms with Crippen LogP contribution >= 0.6 is 0 Å². The van der Waals surface area contributed by atoms with Crippen LogP contribution in [0.2, 0.25) is 0 Å². The molecule has 1 aromatic heterocycles. The number of hydrogen-bond acceptors (Lipinski definition) is 2. The normalized spacial score (nSPS) is 11.5. The van der Waals surface area contributed by atoms with Crippen molar-refractivity contribution in [3.63, 3.8) is 0 Å². The molecule has 0 aliphatic heterocycles. The molecule has 0 amide bonds. The summed E-state index contributed by atoms with van der Waals surface area (Å²) in [7, 11) is 3.63. The van der Waals surface area contributed by atoms with Gasteiger partial charge in [0.2, 0.25) is 0 Å². The third-order valence-corrected chi connectivity index (χ3v) is 2.34. The molecule has 0 saturated heterocycles. The zero-order valence-electron chi connectivity index (χ0n) is 9.42. The summed E-state index contributed by atoms with van der Waals surface area (Å²) in [6.07, 6.45) is 1.97. The Hall–Kier alpha value is -2.03. The van der Waals surface area contributed by atoms with Gasteiger partial charge >= 0.3 is 0 Å². The molecule has 0 aliphatic carbocycles. The van der Waals surface area contributed by atoms with E-state index in [2.05, 4.69) is 4.99 Å². The van der Waals surface area contributed by atoms with Gasteiger partial charge in [-0.15, -0.1) is 0 Å². The van der Waals surface area contributed by atoms with E-state index in [4.69, 9.17) is 4.74 Å². The second-order valence-corrected chi connectivity index (χ2v) is 3.48. The minimum absolute atomic E-state index is 0.844. The van der Waals surface area contributed by atoms with Crippen molar-refractivity contribution in [1.82, 2.24) is 4.57 Å². The molecule has 2 rings (SSSR count). The summed E-state index contributed by atoms with van der Waals surface area (Å²) in [5, 5.41) is 0. The fraction of sp³-hybridized carbons (Fsp3) is 0.154. The van der Waals surface area contributed by atoms with Gasteiger partial charge in [-0.3, -0.25) is 0 Å². The number of hydrogen-bond donors (Lipinski definition) is 0. The molecule has 3 heteroatoms. The Balaban J connectivity index is 2.39. The van der Waals surface area contributed by atoms with Crippen molar-refractivity contribution in [2.45, 2.75) is 0 Å².